The standard InChI is InChI=1S/C13H18N2O2S/c1-3-15-8-10(9-18(16,17)4-2)13-11(14)6-5-7-12(13)15/h5-8H,3-4,9,14H2,1-2H3. The highest BCUT2D eigenvalue weighted by atomic mass is 32.2. The topological polar surface area (TPSA) is 65.1 Å². The second-order valence-corrected chi connectivity index (χ2v) is 6.71. The average Bonchev–Trinajstić information content (AvgIpc) is 2.68. The van der Waals surface area contributed by atoms with E-state index in [1.807, 2.05) is 35.9 Å². The summed E-state index contributed by atoms with van der Waals surface area (Å²) in [6.45, 7) is 4.49. The Morgan fingerprint density at radius 1 is 1.28 bits per heavy atom. The molecule has 0 unspecified atom stereocenters. The van der Waals surface area contributed by atoms with Crippen molar-refractivity contribution in [1.29, 1.82) is 0 Å². The summed E-state index contributed by atoms with van der Waals surface area (Å²) in [6.07, 6.45) is 1.90. The highest BCUT2D eigenvalue weighted by Crippen LogP contribution is 2.28. The molecule has 1 aromatic heterocycles. The molecule has 2 rings (SSSR count). The fourth-order valence-corrected chi connectivity index (χ4v) is 3.08. The van der Waals surface area contributed by atoms with E-state index >= 15 is 0 Å². The van der Waals surface area contributed by atoms with Gasteiger partial charge in [-0.05, 0) is 24.6 Å². The largest absolute Gasteiger partial charge is 0.398 e. The first-order valence-electron chi connectivity index (χ1n) is 6.05. The fourth-order valence-electron chi connectivity index (χ4n) is 2.18. The number of aromatic nitrogens is 1. The highest BCUT2D eigenvalue weighted by Gasteiger charge is 2.16. The first-order valence-corrected chi connectivity index (χ1v) is 7.87. The highest BCUT2D eigenvalue weighted by molar-refractivity contribution is 7.90. The van der Waals surface area contributed by atoms with E-state index in [4.69, 9.17) is 5.73 Å². The maximum atomic E-state index is 11.8. The van der Waals surface area contributed by atoms with Crippen molar-refractivity contribution in [2.75, 3.05) is 11.5 Å². The average molecular weight is 266 g/mol. The third-order valence-corrected chi connectivity index (χ3v) is 4.80. The van der Waals surface area contributed by atoms with Gasteiger partial charge in [0, 0.05) is 29.6 Å². The minimum atomic E-state index is -3.04. The Labute approximate surface area is 107 Å². The van der Waals surface area contributed by atoms with Crippen LogP contribution in [0.4, 0.5) is 5.69 Å². The molecule has 0 aliphatic rings. The van der Waals surface area contributed by atoms with Crippen LogP contribution < -0.4 is 5.73 Å². The Balaban J connectivity index is 2.64. The number of nitrogens with zero attached hydrogens (tertiary/aromatic N) is 1. The van der Waals surface area contributed by atoms with Crippen LogP contribution in [0, 0.1) is 0 Å². The summed E-state index contributed by atoms with van der Waals surface area (Å²) in [5.41, 5.74) is 8.41. The Bertz CT molecular complexity index is 672. The van der Waals surface area contributed by atoms with Gasteiger partial charge in [0.1, 0.15) is 0 Å². The number of nitrogens with two attached hydrogens (primary N) is 1. The number of sulfone groups is 1. The van der Waals surface area contributed by atoms with E-state index in [0.29, 0.717) is 5.69 Å². The van der Waals surface area contributed by atoms with Crippen LogP contribution in [-0.4, -0.2) is 18.7 Å². The van der Waals surface area contributed by atoms with Crippen molar-refractivity contribution in [3.8, 4) is 0 Å². The monoisotopic (exact) mass is 266 g/mol. The van der Waals surface area contributed by atoms with E-state index in [9.17, 15) is 8.42 Å². The summed E-state index contributed by atoms with van der Waals surface area (Å²) in [5, 5.41) is 0.872. The lowest BCUT2D eigenvalue weighted by Crippen LogP contribution is -2.06. The first-order chi connectivity index (χ1) is 8.48. The van der Waals surface area contributed by atoms with Crippen molar-refractivity contribution < 1.29 is 8.42 Å². The van der Waals surface area contributed by atoms with Gasteiger partial charge < -0.3 is 10.3 Å². The molecule has 0 saturated carbocycles. The molecule has 2 aromatic rings. The number of hydrogen-bond acceptors (Lipinski definition) is 3. The number of hydrogen-bond donors (Lipinski definition) is 1. The van der Waals surface area contributed by atoms with E-state index in [1.165, 1.54) is 0 Å². The van der Waals surface area contributed by atoms with Crippen molar-refractivity contribution in [2.45, 2.75) is 26.1 Å². The van der Waals surface area contributed by atoms with Crippen molar-refractivity contribution in [3.63, 3.8) is 0 Å². The van der Waals surface area contributed by atoms with E-state index in [-0.39, 0.29) is 11.5 Å². The molecule has 4 nitrogen and oxygen atoms in total. The van der Waals surface area contributed by atoms with Crippen LogP contribution in [0.2, 0.25) is 0 Å². The minimum absolute atomic E-state index is 0.0568. The molecular formula is C13H18N2O2S. The van der Waals surface area contributed by atoms with Gasteiger partial charge in [-0.1, -0.05) is 13.0 Å². The Morgan fingerprint density at radius 3 is 2.61 bits per heavy atom. The van der Waals surface area contributed by atoms with E-state index in [1.54, 1.807) is 6.92 Å². The molecule has 98 valence electrons. The summed E-state index contributed by atoms with van der Waals surface area (Å²) < 4.78 is 25.6. The summed E-state index contributed by atoms with van der Waals surface area (Å²) in [5.74, 6) is 0.208. The van der Waals surface area contributed by atoms with Crippen molar-refractivity contribution >= 4 is 26.4 Å². The Morgan fingerprint density at radius 2 is 2.00 bits per heavy atom. The van der Waals surface area contributed by atoms with E-state index in [0.717, 1.165) is 23.0 Å². The number of aryl methyl sites for hydroxylation is 1. The normalized spacial score (nSPS) is 12.1. The lowest BCUT2D eigenvalue weighted by atomic mass is 10.1. The number of nitrogen functional groups attached to an aromatic ring is 1. The maximum absolute atomic E-state index is 11.8. The van der Waals surface area contributed by atoms with Crippen LogP contribution in [0.15, 0.2) is 24.4 Å². The molecule has 18 heavy (non-hydrogen) atoms. The molecule has 1 aromatic carbocycles. The number of anilines is 1. The molecular weight excluding hydrogens is 248 g/mol. The molecule has 5 heteroatoms. The molecule has 0 radical (unpaired) electrons. The van der Waals surface area contributed by atoms with Gasteiger partial charge in [-0.25, -0.2) is 8.42 Å². The molecule has 0 aliphatic heterocycles. The summed E-state index contributed by atoms with van der Waals surface area (Å²) in [7, 11) is -3.04. The van der Waals surface area contributed by atoms with Crippen molar-refractivity contribution in [1.82, 2.24) is 4.57 Å². The molecule has 0 fully saturated rings. The van der Waals surface area contributed by atoms with E-state index in [2.05, 4.69) is 0 Å². The summed E-state index contributed by atoms with van der Waals surface area (Å²) in [6, 6.07) is 5.67. The van der Waals surface area contributed by atoms with Crippen LogP contribution in [-0.2, 0) is 22.1 Å². The Kier molecular flexibility index (Phi) is 3.34. The SMILES string of the molecule is CCn1cc(CS(=O)(=O)CC)c2c(N)cccc21. The van der Waals surface area contributed by atoms with Gasteiger partial charge >= 0.3 is 0 Å². The first kappa shape index (κ1) is 13.0. The zero-order chi connectivity index (χ0) is 13.3. The molecule has 2 N–H and O–H groups in total. The van der Waals surface area contributed by atoms with Gasteiger partial charge in [-0.2, -0.15) is 0 Å². The number of fused-ring (bicyclic) bond motifs is 1. The second-order valence-electron chi connectivity index (χ2n) is 4.36. The molecule has 0 bridgehead atoms. The van der Waals surface area contributed by atoms with Gasteiger partial charge in [0.2, 0.25) is 0 Å². The predicted molar refractivity (Wildman–Crippen MR) is 75.2 cm³/mol. The van der Waals surface area contributed by atoms with Gasteiger partial charge in [-0.3, -0.25) is 0 Å². The van der Waals surface area contributed by atoms with Gasteiger partial charge in [0.25, 0.3) is 0 Å². The number of rotatable bonds is 4. The van der Waals surface area contributed by atoms with Gasteiger partial charge in [0.15, 0.2) is 9.84 Å². The van der Waals surface area contributed by atoms with E-state index < -0.39 is 9.84 Å². The second kappa shape index (κ2) is 4.65. The number of benzene rings is 1. The maximum Gasteiger partial charge on any atom is 0.154 e. The predicted octanol–water partition coefficient (Wildman–Crippen LogP) is 2.18. The lowest BCUT2D eigenvalue weighted by Gasteiger charge is -2.02. The van der Waals surface area contributed by atoms with Crippen LogP contribution in [0.25, 0.3) is 10.9 Å². The summed E-state index contributed by atoms with van der Waals surface area (Å²) >= 11 is 0. The van der Waals surface area contributed by atoms with Crippen LogP contribution >= 0.6 is 0 Å². The smallest absolute Gasteiger partial charge is 0.154 e. The zero-order valence-electron chi connectivity index (χ0n) is 10.7. The molecule has 0 amide bonds. The fraction of sp³-hybridized carbons (Fsp3) is 0.385. The lowest BCUT2D eigenvalue weighted by molar-refractivity contribution is 0.596. The van der Waals surface area contributed by atoms with Gasteiger partial charge in [-0.15, -0.1) is 0 Å². The van der Waals surface area contributed by atoms with Crippen LogP contribution in [0.1, 0.15) is 19.4 Å². The third kappa shape index (κ3) is 2.22. The van der Waals surface area contributed by atoms with Crippen molar-refractivity contribution in [2.24, 2.45) is 0 Å². The molecule has 0 atom stereocenters. The molecule has 0 aliphatic carbocycles. The molecule has 0 saturated heterocycles. The quantitative estimate of drug-likeness (QED) is 0.863. The third-order valence-electron chi connectivity index (χ3n) is 3.17. The summed E-state index contributed by atoms with van der Waals surface area (Å²) in [4.78, 5) is 0. The van der Waals surface area contributed by atoms with Crippen molar-refractivity contribution in [3.05, 3.63) is 30.0 Å². The van der Waals surface area contributed by atoms with Crippen LogP contribution in [0.5, 0.6) is 0 Å². The van der Waals surface area contributed by atoms with Gasteiger partial charge in [0.05, 0.1) is 11.3 Å². The minimum Gasteiger partial charge on any atom is -0.398 e. The zero-order valence-corrected chi connectivity index (χ0v) is 11.5. The van der Waals surface area contributed by atoms with Crippen LogP contribution in [0.3, 0.4) is 0 Å². The molecule has 1 heterocycles. The molecule has 0 spiro atoms. The Hall–Kier alpha value is -1.49.